The molecule has 94 valence electrons. The van der Waals surface area contributed by atoms with Crippen LogP contribution in [0.1, 0.15) is 11.4 Å². The maximum absolute atomic E-state index is 4.48. The van der Waals surface area contributed by atoms with E-state index in [1.54, 1.807) is 0 Å². The molecule has 0 aromatic carbocycles. The van der Waals surface area contributed by atoms with E-state index in [1.807, 2.05) is 13.0 Å². The van der Waals surface area contributed by atoms with Crippen LogP contribution >= 0.6 is 11.8 Å². The molecule has 1 aromatic heterocycles. The van der Waals surface area contributed by atoms with E-state index in [4.69, 9.17) is 0 Å². The van der Waals surface area contributed by atoms with Crippen LogP contribution in [0.3, 0.4) is 0 Å². The SMILES string of the molecule is Cc1cccc(CNCCN2CCSCC2)n1. The number of nitrogens with one attached hydrogen (secondary N) is 1. The highest BCUT2D eigenvalue weighted by atomic mass is 32.2. The van der Waals surface area contributed by atoms with Gasteiger partial charge < -0.3 is 10.2 Å². The largest absolute Gasteiger partial charge is 0.310 e. The monoisotopic (exact) mass is 251 g/mol. The number of thioether (sulfide) groups is 1. The Morgan fingerprint density at radius 3 is 2.94 bits per heavy atom. The highest BCUT2D eigenvalue weighted by Gasteiger charge is 2.08. The highest BCUT2D eigenvalue weighted by Crippen LogP contribution is 2.07. The molecule has 0 saturated carbocycles. The summed E-state index contributed by atoms with van der Waals surface area (Å²) in [6.07, 6.45) is 0. The molecule has 2 rings (SSSR count). The molecule has 1 saturated heterocycles. The summed E-state index contributed by atoms with van der Waals surface area (Å²) >= 11 is 2.06. The molecular weight excluding hydrogens is 230 g/mol. The topological polar surface area (TPSA) is 28.2 Å². The van der Waals surface area contributed by atoms with Crippen LogP contribution in [0.5, 0.6) is 0 Å². The second-order valence-electron chi connectivity index (χ2n) is 4.40. The summed E-state index contributed by atoms with van der Waals surface area (Å²) < 4.78 is 0. The Balaban J connectivity index is 1.62. The van der Waals surface area contributed by atoms with Crippen molar-refractivity contribution in [3.63, 3.8) is 0 Å². The van der Waals surface area contributed by atoms with Gasteiger partial charge >= 0.3 is 0 Å². The van der Waals surface area contributed by atoms with Crippen molar-refractivity contribution in [3.8, 4) is 0 Å². The fourth-order valence-corrected chi connectivity index (χ4v) is 2.96. The van der Waals surface area contributed by atoms with Gasteiger partial charge in [0.1, 0.15) is 0 Å². The van der Waals surface area contributed by atoms with Crippen molar-refractivity contribution in [2.45, 2.75) is 13.5 Å². The molecule has 1 fully saturated rings. The molecule has 1 aromatic rings. The average molecular weight is 251 g/mol. The Bertz CT molecular complexity index is 337. The minimum absolute atomic E-state index is 0.879. The van der Waals surface area contributed by atoms with Crippen molar-refractivity contribution < 1.29 is 0 Å². The summed E-state index contributed by atoms with van der Waals surface area (Å²) in [5.41, 5.74) is 2.23. The fourth-order valence-electron chi connectivity index (χ4n) is 1.98. The lowest BCUT2D eigenvalue weighted by atomic mass is 10.3. The minimum atomic E-state index is 0.879. The first-order valence-electron chi connectivity index (χ1n) is 6.28. The molecule has 1 N–H and O–H groups in total. The van der Waals surface area contributed by atoms with E-state index in [2.05, 4.69) is 39.1 Å². The van der Waals surface area contributed by atoms with Gasteiger partial charge in [-0.05, 0) is 19.1 Å². The summed E-state index contributed by atoms with van der Waals surface area (Å²) in [5, 5.41) is 3.47. The van der Waals surface area contributed by atoms with Crippen LogP contribution in [-0.4, -0.2) is 47.6 Å². The molecule has 0 amide bonds. The molecule has 1 aliphatic heterocycles. The molecule has 0 radical (unpaired) electrons. The van der Waals surface area contributed by atoms with Gasteiger partial charge in [-0.3, -0.25) is 4.98 Å². The molecule has 0 spiro atoms. The first kappa shape index (κ1) is 12.9. The number of hydrogen-bond acceptors (Lipinski definition) is 4. The van der Waals surface area contributed by atoms with Gasteiger partial charge in [0.15, 0.2) is 0 Å². The predicted molar refractivity (Wildman–Crippen MR) is 74.4 cm³/mol. The molecule has 0 unspecified atom stereocenters. The third-order valence-corrected chi connectivity index (χ3v) is 3.90. The highest BCUT2D eigenvalue weighted by molar-refractivity contribution is 7.99. The molecule has 0 aliphatic carbocycles. The van der Waals surface area contributed by atoms with Crippen molar-refractivity contribution in [1.29, 1.82) is 0 Å². The molecule has 2 heterocycles. The molecule has 17 heavy (non-hydrogen) atoms. The Morgan fingerprint density at radius 2 is 2.18 bits per heavy atom. The zero-order valence-electron chi connectivity index (χ0n) is 10.5. The molecule has 1 aliphatic rings. The number of aromatic nitrogens is 1. The summed E-state index contributed by atoms with van der Waals surface area (Å²) in [6, 6.07) is 6.19. The van der Waals surface area contributed by atoms with Gasteiger partial charge in [-0.2, -0.15) is 11.8 Å². The molecule has 0 bridgehead atoms. The van der Waals surface area contributed by atoms with E-state index >= 15 is 0 Å². The lowest BCUT2D eigenvalue weighted by Crippen LogP contribution is -2.37. The van der Waals surface area contributed by atoms with E-state index in [0.29, 0.717) is 0 Å². The van der Waals surface area contributed by atoms with Gasteiger partial charge in [-0.1, -0.05) is 6.07 Å². The zero-order chi connectivity index (χ0) is 11.9. The molecular formula is C13H21N3S. The number of nitrogens with zero attached hydrogens (tertiary/aromatic N) is 2. The number of rotatable bonds is 5. The van der Waals surface area contributed by atoms with Gasteiger partial charge in [0.2, 0.25) is 0 Å². The Kier molecular flexibility index (Phi) is 5.29. The van der Waals surface area contributed by atoms with Crippen molar-refractivity contribution in [3.05, 3.63) is 29.6 Å². The second kappa shape index (κ2) is 6.99. The van der Waals surface area contributed by atoms with Gasteiger partial charge in [-0.25, -0.2) is 0 Å². The summed E-state index contributed by atoms with van der Waals surface area (Å²) in [5.74, 6) is 2.58. The summed E-state index contributed by atoms with van der Waals surface area (Å²) in [6.45, 7) is 7.62. The fraction of sp³-hybridized carbons (Fsp3) is 0.615. The Morgan fingerprint density at radius 1 is 1.35 bits per heavy atom. The smallest absolute Gasteiger partial charge is 0.0544 e. The van der Waals surface area contributed by atoms with Crippen LogP contribution in [0.15, 0.2) is 18.2 Å². The van der Waals surface area contributed by atoms with E-state index < -0.39 is 0 Å². The van der Waals surface area contributed by atoms with Crippen LogP contribution in [0, 0.1) is 6.92 Å². The number of pyridine rings is 1. The summed E-state index contributed by atoms with van der Waals surface area (Å²) in [7, 11) is 0. The van der Waals surface area contributed by atoms with Crippen molar-refractivity contribution in [1.82, 2.24) is 15.2 Å². The average Bonchev–Trinajstić information content (AvgIpc) is 2.36. The lowest BCUT2D eigenvalue weighted by Gasteiger charge is -2.26. The lowest BCUT2D eigenvalue weighted by molar-refractivity contribution is 0.301. The Labute approximate surface area is 108 Å². The quantitative estimate of drug-likeness (QED) is 0.803. The number of hydrogen-bond donors (Lipinski definition) is 1. The van der Waals surface area contributed by atoms with E-state index in [1.165, 1.54) is 24.6 Å². The first-order valence-corrected chi connectivity index (χ1v) is 7.43. The van der Waals surface area contributed by atoms with E-state index in [-0.39, 0.29) is 0 Å². The molecule has 0 atom stereocenters. The number of aryl methyl sites for hydroxylation is 1. The second-order valence-corrected chi connectivity index (χ2v) is 5.63. The van der Waals surface area contributed by atoms with Crippen LogP contribution in [-0.2, 0) is 6.54 Å². The third kappa shape index (κ3) is 4.66. The van der Waals surface area contributed by atoms with E-state index in [9.17, 15) is 0 Å². The van der Waals surface area contributed by atoms with E-state index in [0.717, 1.165) is 31.0 Å². The summed E-state index contributed by atoms with van der Waals surface area (Å²) in [4.78, 5) is 7.01. The van der Waals surface area contributed by atoms with Crippen LogP contribution in [0.25, 0.3) is 0 Å². The molecule has 4 heteroatoms. The van der Waals surface area contributed by atoms with Gasteiger partial charge in [0, 0.05) is 49.9 Å². The van der Waals surface area contributed by atoms with Gasteiger partial charge in [-0.15, -0.1) is 0 Å². The minimum Gasteiger partial charge on any atom is -0.310 e. The predicted octanol–water partition coefficient (Wildman–Crippen LogP) is 1.53. The first-order chi connectivity index (χ1) is 8.34. The van der Waals surface area contributed by atoms with Gasteiger partial charge in [0.25, 0.3) is 0 Å². The van der Waals surface area contributed by atoms with Crippen molar-refractivity contribution in [2.75, 3.05) is 37.7 Å². The van der Waals surface area contributed by atoms with Crippen LogP contribution < -0.4 is 5.32 Å². The Hall–Kier alpha value is -0.580. The van der Waals surface area contributed by atoms with Gasteiger partial charge in [0.05, 0.1) is 5.69 Å². The van der Waals surface area contributed by atoms with Crippen molar-refractivity contribution >= 4 is 11.8 Å². The maximum Gasteiger partial charge on any atom is 0.0544 e. The van der Waals surface area contributed by atoms with Crippen LogP contribution in [0.4, 0.5) is 0 Å². The van der Waals surface area contributed by atoms with Crippen molar-refractivity contribution in [2.24, 2.45) is 0 Å². The molecule has 3 nitrogen and oxygen atoms in total. The zero-order valence-corrected chi connectivity index (χ0v) is 11.3. The standard InChI is InChI=1S/C13H21N3S/c1-12-3-2-4-13(15-12)11-14-5-6-16-7-9-17-10-8-16/h2-4,14H,5-11H2,1H3. The normalized spacial score (nSPS) is 17.2. The third-order valence-electron chi connectivity index (χ3n) is 2.96. The maximum atomic E-state index is 4.48. The van der Waals surface area contributed by atoms with Crippen LogP contribution in [0.2, 0.25) is 0 Å².